The first-order valence-corrected chi connectivity index (χ1v) is 9.60. The Morgan fingerprint density at radius 2 is 0.800 bits per heavy atom. The summed E-state index contributed by atoms with van der Waals surface area (Å²) in [5.41, 5.74) is -1.96. The fourth-order valence-corrected chi connectivity index (χ4v) is 4.12. The number of para-hydroxylation sites is 2. The molecule has 0 atom stereocenters. The van der Waals surface area contributed by atoms with E-state index in [2.05, 4.69) is 0 Å². The zero-order valence-electron chi connectivity index (χ0n) is 15.1. The van der Waals surface area contributed by atoms with Crippen LogP contribution in [0.5, 0.6) is 0 Å². The molecule has 0 aliphatic carbocycles. The van der Waals surface area contributed by atoms with Crippen LogP contribution in [0.1, 0.15) is 0 Å². The van der Waals surface area contributed by atoms with Crippen LogP contribution in [-0.4, -0.2) is 9.13 Å². The van der Waals surface area contributed by atoms with Crippen molar-refractivity contribution in [1.29, 1.82) is 0 Å². The van der Waals surface area contributed by atoms with E-state index >= 15 is 0 Å². The highest BCUT2D eigenvalue weighted by atomic mass is 35.5. The molecule has 0 saturated carbocycles. The van der Waals surface area contributed by atoms with Crippen LogP contribution >= 0.6 is 23.2 Å². The summed E-state index contributed by atoms with van der Waals surface area (Å²) >= 11 is 12.3. The van der Waals surface area contributed by atoms with Crippen molar-refractivity contribution in [1.82, 2.24) is 9.13 Å². The van der Waals surface area contributed by atoms with Crippen LogP contribution in [-0.2, 0) is 0 Å². The monoisotopic (exact) mass is 436 g/mol. The molecule has 146 valence electrons. The summed E-state index contributed by atoms with van der Waals surface area (Å²) in [4.78, 5) is 51.9. The number of benzene rings is 3. The van der Waals surface area contributed by atoms with Gasteiger partial charge in [-0.1, -0.05) is 47.5 Å². The molecule has 6 nitrogen and oxygen atoms in total. The molecule has 0 fully saturated rings. The topological polar surface area (TPSA) is 78.1 Å². The Kier molecular flexibility index (Phi) is 4.03. The lowest BCUT2D eigenvalue weighted by Crippen LogP contribution is -2.24. The average molecular weight is 437 g/mol. The molecule has 2 aromatic heterocycles. The van der Waals surface area contributed by atoms with Crippen molar-refractivity contribution < 1.29 is 0 Å². The summed E-state index contributed by atoms with van der Waals surface area (Å²) in [5.74, 6) is 0. The Labute approximate surface area is 177 Å². The van der Waals surface area contributed by atoms with Gasteiger partial charge in [-0.25, -0.2) is 9.13 Å². The van der Waals surface area contributed by atoms with Gasteiger partial charge in [-0.15, -0.1) is 0 Å². The maximum Gasteiger partial charge on any atom is 0.266 e. The first-order valence-electron chi connectivity index (χ1n) is 8.85. The van der Waals surface area contributed by atoms with Crippen molar-refractivity contribution in [2.24, 2.45) is 0 Å². The fraction of sp³-hybridized carbons (Fsp3) is 0. The molecule has 0 bridgehead atoms. The summed E-state index contributed by atoms with van der Waals surface area (Å²) in [6.45, 7) is 0. The Hall–Kier alpha value is -3.48. The standard InChI is InChI=1S/C22H10Cl2N2O4/c23-15-5-1-3-7-17(15)25-19(27)11-9-13-14(10-12(11)20(25)28)22(30)26(21(13)29)18-8-4-2-6-16(18)24/h1-10H. The molecule has 30 heavy (non-hydrogen) atoms. The molecule has 0 saturated heterocycles. The second kappa shape index (κ2) is 6.52. The summed E-state index contributed by atoms with van der Waals surface area (Å²) in [6.07, 6.45) is 0. The lowest BCUT2D eigenvalue weighted by molar-refractivity contribution is 0.988. The Morgan fingerprint density at radius 1 is 0.500 bits per heavy atom. The molecule has 0 radical (unpaired) electrons. The van der Waals surface area contributed by atoms with E-state index in [1.165, 1.54) is 12.1 Å². The molecule has 2 heterocycles. The van der Waals surface area contributed by atoms with Crippen molar-refractivity contribution in [3.63, 3.8) is 0 Å². The number of hydrogen-bond donors (Lipinski definition) is 0. The van der Waals surface area contributed by atoms with Crippen LogP contribution in [0.25, 0.3) is 32.9 Å². The SMILES string of the molecule is O=c1c2cc3c(=O)n(-c4ccccc4Cl)c(=O)c3cc2c(=O)n1-c1ccccc1Cl. The van der Waals surface area contributed by atoms with Crippen molar-refractivity contribution in [3.05, 3.63) is 112 Å². The Morgan fingerprint density at radius 3 is 1.10 bits per heavy atom. The smallest absolute Gasteiger partial charge is 0.266 e. The first-order chi connectivity index (χ1) is 14.4. The van der Waals surface area contributed by atoms with Gasteiger partial charge in [-0.2, -0.15) is 0 Å². The van der Waals surface area contributed by atoms with E-state index in [0.717, 1.165) is 9.13 Å². The van der Waals surface area contributed by atoms with Crippen molar-refractivity contribution in [2.45, 2.75) is 0 Å². The minimum Gasteiger partial charge on any atom is -0.268 e. The van der Waals surface area contributed by atoms with E-state index in [4.69, 9.17) is 23.2 Å². The number of aromatic nitrogens is 2. The minimum absolute atomic E-state index is 0.0424. The van der Waals surface area contributed by atoms with Crippen molar-refractivity contribution >= 4 is 44.7 Å². The van der Waals surface area contributed by atoms with E-state index < -0.39 is 22.2 Å². The molecule has 0 spiro atoms. The van der Waals surface area contributed by atoms with E-state index in [-0.39, 0.29) is 43.0 Å². The van der Waals surface area contributed by atoms with Gasteiger partial charge in [0.15, 0.2) is 0 Å². The van der Waals surface area contributed by atoms with Crippen molar-refractivity contribution in [2.75, 3.05) is 0 Å². The molecule has 0 aliphatic heterocycles. The largest absolute Gasteiger partial charge is 0.268 e. The third kappa shape index (κ3) is 2.44. The highest BCUT2D eigenvalue weighted by molar-refractivity contribution is 6.32. The van der Waals surface area contributed by atoms with Gasteiger partial charge >= 0.3 is 0 Å². The van der Waals surface area contributed by atoms with Crippen LogP contribution in [0.3, 0.4) is 0 Å². The maximum atomic E-state index is 13.0. The first kappa shape index (κ1) is 18.5. The van der Waals surface area contributed by atoms with Gasteiger partial charge in [-0.3, -0.25) is 19.2 Å². The molecule has 0 unspecified atom stereocenters. The van der Waals surface area contributed by atoms with Gasteiger partial charge in [-0.05, 0) is 36.4 Å². The third-order valence-corrected chi connectivity index (χ3v) is 5.72. The van der Waals surface area contributed by atoms with Crippen LogP contribution in [0.2, 0.25) is 10.0 Å². The van der Waals surface area contributed by atoms with Crippen LogP contribution in [0.4, 0.5) is 0 Å². The van der Waals surface area contributed by atoms with Crippen LogP contribution < -0.4 is 22.2 Å². The predicted molar refractivity (Wildman–Crippen MR) is 118 cm³/mol. The number of fused-ring (bicyclic) bond motifs is 2. The van der Waals surface area contributed by atoms with Gasteiger partial charge in [0.1, 0.15) is 0 Å². The second-order valence-corrected chi connectivity index (χ2v) is 7.55. The summed E-state index contributed by atoms with van der Waals surface area (Å²) < 4.78 is 1.89. The Bertz CT molecular complexity index is 1500. The highest BCUT2D eigenvalue weighted by Gasteiger charge is 2.22. The van der Waals surface area contributed by atoms with Gasteiger partial charge < -0.3 is 0 Å². The number of nitrogens with zero attached hydrogens (tertiary/aromatic N) is 2. The van der Waals surface area contributed by atoms with Crippen LogP contribution in [0.15, 0.2) is 79.8 Å². The van der Waals surface area contributed by atoms with Gasteiger partial charge in [0.2, 0.25) is 0 Å². The molecule has 0 N–H and O–H groups in total. The zero-order chi connectivity index (χ0) is 21.2. The van der Waals surface area contributed by atoms with E-state index in [9.17, 15) is 19.2 Å². The molecule has 0 aliphatic rings. The lowest BCUT2D eigenvalue weighted by Gasteiger charge is -2.02. The van der Waals surface area contributed by atoms with E-state index in [1.807, 2.05) is 0 Å². The minimum atomic E-state index is -0.609. The molecular weight excluding hydrogens is 427 g/mol. The molecule has 3 aromatic carbocycles. The maximum absolute atomic E-state index is 13.0. The molecule has 0 amide bonds. The average Bonchev–Trinajstić information content (AvgIpc) is 3.12. The van der Waals surface area contributed by atoms with Gasteiger partial charge in [0.25, 0.3) is 22.2 Å². The van der Waals surface area contributed by atoms with E-state index in [1.54, 1.807) is 48.5 Å². The molecule has 8 heteroatoms. The fourth-order valence-electron chi connectivity index (χ4n) is 3.68. The van der Waals surface area contributed by atoms with E-state index in [0.29, 0.717) is 0 Å². The molecule has 5 aromatic rings. The van der Waals surface area contributed by atoms with Crippen LogP contribution in [0, 0.1) is 0 Å². The normalized spacial score (nSPS) is 11.5. The number of halogens is 2. The quantitative estimate of drug-likeness (QED) is 0.425. The summed E-state index contributed by atoms with van der Waals surface area (Å²) in [7, 11) is 0. The highest BCUT2D eigenvalue weighted by Crippen LogP contribution is 2.22. The second-order valence-electron chi connectivity index (χ2n) is 6.74. The Balaban J connectivity index is 1.89. The molecule has 5 rings (SSSR count). The summed E-state index contributed by atoms with van der Waals surface area (Å²) in [6, 6.07) is 15.5. The van der Waals surface area contributed by atoms with Crippen molar-refractivity contribution in [3.8, 4) is 11.4 Å². The summed E-state index contributed by atoms with van der Waals surface area (Å²) in [5, 5.41) is 0.636. The van der Waals surface area contributed by atoms with Gasteiger partial charge in [0.05, 0.1) is 43.0 Å². The zero-order valence-corrected chi connectivity index (χ0v) is 16.6. The third-order valence-electron chi connectivity index (χ3n) is 5.08. The number of rotatable bonds is 2. The lowest BCUT2D eigenvalue weighted by atomic mass is 10.1. The predicted octanol–water partition coefficient (Wildman–Crippen LogP) is 3.20. The number of hydrogen-bond acceptors (Lipinski definition) is 4. The van der Waals surface area contributed by atoms with Gasteiger partial charge in [0, 0.05) is 0 Å². The molecular formula is C22H10Cl2N2O4.